The molecular weight excluding hydrogens is 304 g/mol. The number of carbonyl (C=O) groups excluding carboxylic acids is 1. The lowest BCUT2D eigenvalue weighted by Crippen LogP contribution is -2.25. The predicted molar refractivity (Wildman–Crippen MR) is 85.3 cm³/mol. The highest BCUT2D eigenvalue weighted by Crippen LogP contribution is 2.19. The van der Waals surface area contributed by atoms with Crippen LogP contribution in [-0.2, 0) is 4.74 Å². The van der Waals surface area contributed by atoms with E-state index >= 15 is 0 Å². The van der Waals surface area contributed by atoms with E-state index in [1.54, 1.807) is 42.1 Å². The highest BCUT2D eigenvalue weighted by molar-refractivity contribution is 6.30. The summed E-state index contributed by atoms with van der Waals surface area (Å²) in [6, 6.07) is 6.86. The maximum absolute atomic E-state index is 12.5. The standard InChI is InChI=1S/C16H17ClN2O3/c1-4-22-16(21)14-15(20)13(9-19(18-14)10(2)3)11-5-7-12(17)8-6-11/h5-10H,4H2,1-3H3. The van der Waals surface area contributed by atoms with Crippen molar-refractivity contribution in [3.63, 3.8) is 0 Å². The third-order valence-electron chi connectivity index (χ3n) is 3.09. The lowest BCUT2D eigenvalue weighted by molar-refractivity contribution is 0.0514. The monoisotopic (exact) mass is 320 g/mol. The lowest BCUT2D eigenvalue weighted by atomic mass is 10.1. The van der Waals surface area contributed by atoms with Gasteiger partial charge in [-0.2, -0.15) is 5.10 Å². The molecule has 22 heavy (non-hydrogen) atoms. The smallest absolute Gasteiger partial charge is 0.362 e. The first-order chi connectivity index (χ1) is 10.4. The van der Waals surface area contributed by atoms with Gasteiger partial charge in [-0.1, -0.05) is 23.7 Å². The van der Waals surface area contributed by atoms with Crippen LogP contribution >= 0.6 is 11.6 Å². The second-order valence-corrected chi connectivity index (χ2v) is 5.46. The molecule has 0 atom stereocenters. The van der Waals surface area contributed by atoms with E-state index in [0.717, 1.165) is 0 Å². The molecule has 0 amide bonds. The molecule has 1 aromatic carbocycles. The van der Waals surface area contributed by atoms with Gasteiger partial charge in [-0.15, -0.1) is 0 Å². The number of halogens is 1. The highest BCUT2D eigenvalue weighted by Gasteiger charge is 2.19. The van der Waals surface area contributed by atoms with E-state index in [-0.39, 0.29) is 18.3 Å². The number of hydrogen-bond acceptors (Lipinski definition) is 4. The zero-order chi connectivity index (χ0) is 16.3. The Balaban J connectivity index is 2.64. The first kappa shape index (κ1) is 16.2. The van der Waals surface area contributed by atoms with Gasteiger partial charge in [-0.25, -0.2) is 4.79 Å². The average molecular weight is 321 g/mol. The Morgan fingerprint density at radius 1 is 1.32 bits per heavy atom. The summed E-state index contributed by atoms with van der Waals surface area (Å²) in [5, 5.41) is 4.67. The number of carbonyl (C=O) groups is 1. The molecule has 0 fully saturated rings. The molecule has 2 rings (SSSR count). The molecule has 6 heteroatoms. The lowest BCUT2D eigenvalue weighted by Gasteiger charge is -2.13. The van der Waals surface area contributed by atoms with Crippen molar-refractivity contribution in [3.05, 3.63) is 51.4 Å². The van der Waals surface area contributed by atoms with Crippen LogP contribution in [0.25, 0.3) is 11.1 Å². The first-order valence-electron chi connectivity index (χ1n) is 7.00. The maximum Gasteiger partial charge on any atom is 0.362 e. The van der Waals surface area contributed by atoms with Crippen LogP contribution in [0.15, 0.2) is 35.3 Å². The molecular formula is C16H17ClN2O3. The zero-order valence-corrected chi connectivity index (χ0v) is 13.4. The van der Waals surface area contributed by atoms with Crippen molar-refractivity contribution in [2.24, 2.45) is 0 Å². The number of hydrogen-bond donors (Lipinski definition) is 0. The molecule has 0 aliphatic heterocycles. The van der Waals surface area contributed by atoms with Crippen LogP contribution < -0.4 is 5.43 Å². The molecule has 0 saturated heterocycles. The predicted octanol–water partition coefficient (Wildman–Crippen LogP) is 3.32. The second-order valence-electron chi connectivity index (χ2n) is 5.02. The van der Waals surface area contributed by atoms with Gasteiger partial charge in [0.2, 0.25) is 11.1 Å². The minimum Gasteiger partial charge on any atom is -0.461 e. The van der Waals surface area contributed by atoms with Crippen molar-refractivity contribution in [1.29, 1.82) is 0 Å². The Labute approximate surface area is 133 Å². The molecule has 2 aromatic rings. The summed E-state index contributed by atoms with van der Waals surface area (Å²) < 4.78 is 6.50. The molecule has 0 aliphatic rings. The maximum atomic E-state index is 12.5. The van der Waals surface area contributed by atoms with Gasteiger partial charge in [0.1, 0.15) is 0 Å². The number of nitrogens with zero attached hydrogens (tertiary/aromatic N) is 2. The van der Waals surface area contributed by atoms with Crippen molar-refractivity contribution in [2.75, 3.05) is 6.61 Å². The summed E-state index contributed by atoms with van der Waals surface area (Å²) in [4.78, 5) is 24.5. The summed E-state index contributed by atoms with van der Waals surface area (Å²) in [6.07, 6.45) is 1.64. The average Bonchev–Trinajstić information content (AvgIpc) is 2.48. The topological polar surface area (TPSA) is 61.2 Å². The molecule has 0 radical (unpaired) electrons. The fourth-order valence-corrected chi connectivity index (χ4v) is 2.07. The molecule has 0 unspecified atom stereocenters. The van der Waals surface area contributed by atoms with E-state index in [1.807, 2.05) is 13.8 Å². The molecule has 1 heterocycles. The third-order valence-corrected chi connectivity index (χ3v) is 3.34. The SMILES string of the molecule is CCOC(=O)c1nn(C(C)C)cc(-c2ccc(Cl)cc2)c1=O. The van der Waals surface area contributed by atoms with Gasteiger partial charge in [-0.05, 0) is 38.5 Å². The fourth-order valence-electron chi connectivity index (χ4n) is 1.94. The minimum absolute atomic E-state index is 0.000160. The number of rotatable bonds is 4. The third kappa shape index (κ3) is 3.36. The molecule has 116 valence electrons. The first-order valence-corrected chi connectivity index (χ1v) is 7.38. The van der Waals surface area contributed by atoms with Gasteiger partial charge < -0.3 is 4.74 Å². The number of benzene rings is 1. The molecule has 0 N–H and O–H groups in total. The van der Waals surface area contributed by atoms with E-state index in [9.17, 15) is 9.59 Å². The number of aromatic nitrogens is 2. The van der Waals surface area contributed by atoms with Crippen LogP contribution in [0.5, 0.6) is 0 Å². The Bertz CT molecular complexity index is 736. The summed E-state index contributed by atoms with van der Waals surface area (Å²) in [5.41, 5.74) is 0.417. The summed E-state index contributed by atoms with van der Waals surface area (Å²) in [5.74, 6) is -0.710. The van der Waals surface area contributed by atoms with Crippen LogP contribution in [0, 0.1) is 0 Å². The quantitative estimate of drug-likeness (QED) is 0.811. The van der Waals surface area contributed by atoms with Crippen molar-refractivity contribution in [1.82, 2.24) is 9.78 Å². The summed E-state index contributed by atoms with van der Waals surface area (Å²) >= 11 is 5.87. The number of esters is 1. The van der Waals surface area contributed by atoms with E-state index in [1.165, 1.54) is 0 Å². The van der Waals surface area contributed by atoms with E-state index in [2.05, 4.69) is 5.10 Å². The highest BCUT2D eigenvalue weighted by atomic mass is 35.5. The Morgan fingerprint density at radius 3 is 2.50 bits per heavy atom. The van der Waals surface area contributed by atoms with E-state index < -0.39 is 11.4 Å². The van der Waals surface area contributed by atoms with E-state index in [0.29, 0.717) is 16.1 Å². The molecule has 5 nitrogen and oxygen atoms in total. The van der Waals surface area contributed by atoms with Crippen molar-refractivity contribution >= 4 is 17.6 Å². The summed E-state index contributed by atoms with van der Waals surface area (Å²) in [7, 11) is 0. The van der Waals surface area contributed by atoms with Gasteiger partial charge in [0.05, 0.1) is 6.61 Å². The normalized spacial score (nSPS) is 10.8. The number of ether oxygens (including phenoxy) is 1. The fraction of sp³-hybridized carbons (Fsp3) is 0.312. The van der Waals surface area contributed by atoms with Gasteiger partial charge in [0.15, 0.2) is 0 Å². The van der Waals surface area contributed by atoms with Crippen molar-refractivity contribution < 1.29 is 9.53 Å². The Morgan fingerprint density at radius 2 is 1.95 bits per heavy atom. The zero-order valence-electron chi connectivity index (χ0n) is 12.7. The van der Waals surface area contributed by atoms with Crippen LogP contribution in [0.2, 0.25) is 5.02 Å². The Kier molecular flexibility index (Phi) is 4.98. The minimum atomic E-state index is -0.710. The van der Waals surface area contributed by atoms with Crippen LogP contribution in [0.4, 0.5) is 0 Å². The van der Waals surface area contributed by atoms with Gasteiger partial charge >= 0.3 is 5.97 Å². The van der Waals surface area contributed by atoms with Gasteiger partial charge in [-0.3, -0.25) is 9.48 Å². The van der Waals surface area contributed by atoms with Gasteiger partial charge in [0.25, 0.3) is 0 Å². The van der Waals surface area contributed by atoms with Crippen LogP contribution in [-0.4, -0.2) is 22.4 Å². The Hall–Kier alpha value is -2.14. The molecule has 1 aromatic heterocycles. The van der Waals surface area contributed by atoms with Gasteiger partial charge in [0, 0.05) is 22.8 Å². The van der Waals surface area contributed by atoms with Crippen LogP contribution in [0.3, 0.4) is 0 Å². The molecule has 0 spiro atoms. The second kappa shape index (κ2) is 6.75. The van der Waals surface area contributed by atoms with E-state index in [4.69, 9.17) is 16.3 Å². The summed E-state index contributed by atoms with van der Waals surface area (Å²) in [6.45, 7) is 5.70. The van der Waals surface area contributed by atoms with Crippen molar-refractivity contribution in [2.45, 2.75) is 26.8 Å². The molecule has 0 bridgehead atoms. The molecule has 0 saturated carbocycles. The largest absolute Gasteiger partial charge is 0.461 e. The van der Waals surface area contributed by atoms with Crippen LogP contribution in [0.1, 0.15) is 37.3 Å². The molecule has 0 aliphatic carbocycles. The van der Waals surface area contributed by atoms with Crippen molar-refractivity contribution in [3.8, 4) is 11.1 Å².